The molecule has 1 heterocycles. The van der Waals surface area contributed by atoms with Crippen molar-refractivity contribution in [3.05, 3.63) is 66.0 Å². The molecule has 2 rings (SSSR count). The van der Waals surface area contributed by atoms with Crippen molar-refractivity contribution in [1.29, 1.82) is 0 Å². The van der Waals surface area contributed by atoms with Gasteiger partial charge in [-0.15, -0.1) is 0 Å². The highest BCUT2D eigenvalue weighted by Gasteiger charge is 2.29. The van der Waals surface area contributed by atoms with E-state index in [0.717, 1.165) is 12.1 Å². The molecular weight excluding hydrogens is 388 g/mol. The summed E-state index contributed by atoms with van der Waals surface area (Å²) in [5.41, 5.74) is -1.30. The Morgan fingerprint density at radius 2 is 1.75 bits per heavy atom. The van der Waals surface area contributed by atoms with Gasteiger partial charge < -0.3 is 0 Å². The first kappa shape index (κ1) is 14.8. The van der Waals surface area contributed by atoms with Gasteiger partial charge in [0, 0.05) is 6.20 Å². The molecule has 1 aromatic heterocycles. The molecule has 0 aliphatic carbocycles. The summed E-state index contributed by atoms with van der Waals surface area (Å²) in [4.78, 5) is 24.9. The van der Waals surface area contributed by atoms with E-state index in [1.165, 1.54) is 22.9 Å². The van der Waals surface area contributed by atoms with Crippen molar-refractivity contribution in [1.82, 2.24) is 9.55 Å². The van der Waals surface area contributed by atoms with Crippen LogP contribution in [0, 0.1) is 3.57 Å². The molecule has 0 atom stereocenters. The van der Waals surface area contributed by atoms with Crippen LogP contribution >= 0.6 is 22.6 Å². The van der Waals surface area contributed by atoms with Gasteiger partial charge in [-0.25, -0.2) is 4.79 Å². The second kappa shape index (κ2) is 5.43. The number of alkyl halides is 3. The molecule has 0 aliphatic rings. The summed E-state index contributed by atoms with van der Waals surface area (Å²) in [6.45, 7) is 0.0871. The third-order valence-corrected chi connectivity index (χ3v) is 3.37. The quantitative estimate of drug-likeness (QED) is 0.792. The molecule has 0 unspecified atom stereocenters. The summed E-state index contributed by atoms with van der Waals surface area (Å²) in [5, 5.41) is 0. The predicted molar refractivity (Wildman–Crippen MR) is 74.6 cm³/mol. The monoisotopic (exact) mass is 396 g/mol. The van der Waals surface area contributed by atoms with Crippen molar-refractivity contribution in [2.45, 2.75) is 12.7 Å². The fourth-order valence-electron chi connectivity index (χ4n) is 1.60. The van der Waals surface area contributed by atoms with Crippen molar-refractivity contribution in [3.63, 3.8) is 0 Å². The minimum Gasteiger partial charge on any atom is -0.295 e. The Hall–Kier alpha value is -1.58. The lowest BCUT2D eigenvalue weighted by atomic mass is 10.1. The van der Waals surface area contributed by atoms with Gasteiger partial charge in [-0.3, -0.25) is 14.3 Å². The molecule has 2 aromatic rings. The van der Waals surface area contributed by atoms with E-state index in [9.17, 15) is 22.8 Å². The van der Waals surface area contributed by atoms with Crippen LogP contribution in [-0.2, 0) is 12.7 Å². The zero-order chi connectivity index (χ0) is 14.9. The maximum Gasteiger partial charge on any atom is 0.416 e. The molecule has 4 nitrogen and oxygen atoms in total. The van der Waals surface area contributed by atoms with Gasteiger partial charge in [0.2, 0.25) is 0 Å². The zero-order valence-electron chi connectivity index (χ0n) is 9.87. The predicted octanol–water partition coefficient (Wildman–Crippen LogP) is 2.21. The van der Waals surface area contributed by atoms with E-state index < -0.39 is 23.0 Å². The van der Waals surface area contributed by atoms with E-state index in [-0.39, 0.29) is 6.54 Å². The van der Waals surface area contributed by atoms with Crippen LogP contribution < -0.4 is 11.2 Å². The minimum atomic E-state index is -4.39. The minimum absolute atomic E-state index is 0.0871. The Morgan fingerprint density at radius 1 is 1.15 bits per heavy atom. The molecule has 0 saturated heterocycles. The second-order valence-electron chi connectivity index (χ2n) is 4.06. The van der Waals surface area contributed by atoms with E-state index in [0.29, 0.717) is 9.13 Å². The number of H-pyrrole nitrogens is 1. The maximum absolute atomic E-state index is 12.4. The molecule has 1 aromatic carbocycles. The van der Waals surface area contributed by atoms with Gasteiger partial charge in [0.1, 0.15) is 0 Å². The Kier molecular flexibility index (Phi) is 4.02. The number of benzene rings is 1. The SMILES string of the molecule is O=c1[nH]c(=O)n(Cc2ccc(C(F)(F)F)cc2)cc1I. The Labute approximate surface area is 124 Å². The Morgan fingerprint density at radius 3 is 2.30 bits per heavy atom. The second-order valence-corrected chi connectivity index (χ2v) is 5.22. The molecule has 8 heteroatoms. The highest BCUT2D eigenvalue weighted by molar-refractivity contribution is 14.1. The number of nitrogens with one attached hydrogen (secondary N) is 1. The standard InChI is InChI=1S/C12H8F3IN2O2/c13-12(14,15)8-3-1-7(2-4-8)5-18-6-9(16)10(19)17-11(18)20/h1-4,6H,5H2,(H,17,19,20). The first-order valence-electron chi connectivity index (χ1n) is 5.43. The van der Waals surface area contributed by atoms with Crippen LogP contribution in [0.4, 0.5) is 13.2 Å². The van der Waals surface area contributed by atoms with Gasteiger partial charge in [0.15, 0.2) is 0 Å². The first-order chi connectivity index (χ1) is 9.27. The lowest BCUT2D eigenvalue weighted by Gasteiger charge is -2.09. The van der Waals surface area contributed by atoms with Crippen LogP contribution in [-0.4, -0.2) is 9.55 Å². The average Bonchev–Trinajstić information content (AvgIpc) is 2.35. The molecular formula is C12H8F3IN2O2. The topological polar surface area (TPSA) is 54.9 Å². The lowest BCUT2D eigenvalue weighted by Crippen LogP contribution is -2.31. The zero-order valence-corrected chi connectivity index (χ0v) is 12.0. The van der Waals surface area contributed by atoms with Gasteiger partial charge in [0.25, 0.3) is 5.56 Å². The van der Waals surface area contributed by atoms with Crippen molar-refractivity contribution in [2.75, 3.05) is 0 Å². The molecule has 20 heavy (non-hydrogen) atoms. The van der Waals surface area contributed by atoms with E-state index in [1.807, 2.05) is 0 Å². The molecule has 106 valence electrons. The van der Waals surface area contributed by atoms with Crippen molar-refractivity contribution in [2.24, 2.45) is 0 Å². The van der Waals surface area contributed by atoms with Crippen LogP contribution in [0.15, 0.2) is 40.1 Å². The van der Waals surface area contributed by atoms with Crippen molar-refractivity contribution < 1.29 is 13.2 Å². The number of rotatable bonds is 2. The first-order valence-corrected chi connectivity index (χ1v) is 6.50. The molecule has 0 spiro atoms. The normalized spacial score (nSPS) is 11.6. The summed E-state index contributed by atoms with van der Waals surface area (Å²) in [6.07, 6.45) is -3.03. The van der Waals surface area contributed by atoms with Crippen LogP contribution in [0.25, 0.3) is 0 Å². The van der Waals surface area contributed by atoms with E-state index in [4.69, 9.17) is 0 Å². The van der Waals surface area contributed by atoms with E-state index in [1.54, 1.807) is 22.6 Å². The largest absolute Gasteiger partial charge is 0.416 e. The van der Waals surface area contributed by atoms with Gasteiger partial charge in [-0.2, -0.15) is 13.2 Å². The van der Waals surface area contributed by atoms with Crippen LogP contribution in [0.2, 0.25) is 0 Å². The molecule has 0 saturated carbocycles. The molecule has 0 fully saturated rings. The number of aromatic nitrogens is 2. The molecule has 1 N–H and O–H groups in total. The summed E-state index contributed by atoms with van der Waals surface area (Å²) in [6, 6.07) is 4.51. The Bertz CT molecular complexity index is 732. The summed E-state index contributed by atoms with van der Waals surface area (Å²) in [7, 11) is 0. The van der Waals surface area contributed by atoms with E-state index in [2.05, 4.69) is 4.98 Å². The fraction of sp³-hybridized carbons (Fsp3) is 0.167. The summed E-state index contributed by atoms with van der Waals surface area (Å²) in [5.74, 6) is 0. The van der Waals surface area contributed by atoms with Gasteiger partial charge in [-0.05, 0) is 40.3 Å². The highest BCUT2D eigenvalue weighted by atomic mass is 127. The molecule has 0 radical (unpaired) electrons. The third-order valence-electron chi connectivity index (χ3n) is 2.60. The molecule has 0 aliphatic heterocycles. The smallest absolute Gasteiger partial charge is 0.295 e. The number of hydrogen-bond acceptors (Lipinski definition) is 2. The number of hydrogen-bond donors (Lipinski definition) is 1. The number of aromatic amines is 1. The summed E-state index contributed by atoms with van der Waals surface area (Å²) < 4.78 is 38.8. The van der Waals surface area contributed by atoms with Crippen LogP contribution in [0.3, 0.4) is 0 Å². The Balaban J connectivity index is 2.29. The lowest BCUT2D eigenvalue weighted by molar-refractivity contribution is -0.137. The maximum atomic E-state index is 12.4. The number of halogens is 4. The van der Waals surface area contributed by atoms with E-state index >= 15 is 0 Å². The van der Waals surface area contributed by atoms with Crippen LogP contribution in [0.1, 0.15) is 11.1 Å². The number of nitrogens with zero attached hydrogens (tertiary/aromatic N) is 1. The third kappa shape index (κ3) is 3.30. The van der Waals surface area contributed by atoms with Gasteiger partial charge >= 0.3 is 11.9 Å². The van der Waals surface area contributed by atoms with Gasteiger partial charge in [-0.1, -0.05) is 12.1 Å². The van der Waals surface area contributed by atoms with Crippen LogP contribution in [0.5, 0.6) is 0 Å². The average molecular weight is 396 g/mol. The molecule has 0 amide bonds. The van der Waals surface area contributed by atoms with Crippen molar-refractivity contribution in [3.8, 4) is 0 Å². The fourth-order valence-corrected chi connectivity index (χ4v) is 2.07. The highest BCUT2D eigenvalue weighted by Crippen LogP contribution is 2.29. The van der Waals surface area contributed by atoms with Crippen molar-refractivity contribution >= 4 is 22.6 Å². The summed E-state index contributed by atoms with van der Waals surface area (Å²) >= 11 is 1.77. The molecule has 0 bridgehead atoms. The van der Waals surface area contributed by atoms with Gasteiger partial charge in [0.05, 0.1) is 15.7 Å².